The number of nitrogens with zero attached hydrogens (tertiary/aromatic N) is 1. The van der Waals surface area contributed by atoms with Crippen molar-refractivity contribution in [2.45, 2.75) is 13.8 Å². The Morgan fingerprint density at radius 2 is 1.71 bits per heavy atom. The van der Waals surface area contributed by atoms with Crippen LogP contribution in [0, 0.1) is 13.8 Å². The minimum Gasteiger partial charge on any atom is -0.466 e. The Bertz CT molecular complexity index is 818. The molecule has 0 spiro atoms. The van der Waals surface area contributed by atoms with Gasteiger partial charge in [-0.15, -0.1) is 0 Å². The van der Waals surface area contributed by atoms with Crippen LogP contribution in [0.25, 0.3) is 22.4 Å². The maximum atomic E-state index is 12.1. The lowest BCUT2D eigenvalue weighted by atomic mass is 10.0. The van der Waals surface area contributed by atoms with Crippen LogP contribution in [0.2, 0.25) is 0 Å². The Kier molecular flexibility index (Phi) is 3.40. The summed E-state index contributed by atoms with van der Waals surface area (Å²) in [5.74, 6) is 1.24. The van der Waals surface area contributed by atoms with E-state index in [2.05, 4.69) is 4.98 Å². The zero-order chi connectivity index (χ0) is 14.8. The summed E-state index contributed by atoms with van der Waals surface area (Å²) in [4.78, 5) is 16.6. The third kappa shape index (κ3) is 2.63. The molecule has 0 aliphatic carbocycles. The topological polar surface area (TPSA) is 43.1 Å². The molecule has 0 aliphatic heterocycles. The van der Waals surface area contributed by atoms with Crippen molar-refractivity contribution in [2.75, 3.05) is 0 Å². The van der Waals surface area contributed by atoms with Crippen LogP contribution in [0.15, 0.2) is 63.9 Å². The van der Waals surface area contributed by atoms with E-state index >= 15 is 0 Å². The molecule has 1 aromatic carbocycles. The third-order valence-corrected chi connectivity index (χ3v) is 3.37. The lowest BCUT2D eigenvalue weighted by Crippen LogP contribution is -2.06. The molecule has 2 aromatic heterocycles. The molecule has 3 heteroatoms. The molecule has 3 rings (SSSR count). The van der Waals surface area contributed by atoms with Gasteiger partial charge in [-0.1, -0.05) is 36.4 Å². The number of aryl methyl sites for hydroxylation is 2. The van der Waals surface area contributed by atoms with Crippen molar-refractivity contribution in [1.29, 1.82) is 0 Å². The Balaban J connectivity index is 2.05. The van der Waals surface area contributed by atoms with E-state index in [0.29, 0.717) is 17.1 Å². The van der Waals surface area contributed by atoms with Crippen molar-refractivity contribution in [3.05, 3.63) is 76.5 Å². The molecule has 104 valence electrons. The van der Waals surface area contributed by atoms with E-state index in [1.807, 2.05) is 42.5 Å². The van der Waals surface area contributed by atoms with Gasteiger partial charge < -0.3 is 4.42 Å². The quantitative estimate of drug-likeness (QED) is 0.711. The van der Waals surface area contributed by atoms with Gasteiger partial charge >= 0.3 is 0 Å². The molecule has 2 heterocycles. The lowest BCUT2D eigenvalue weighted by molar-refractivity contribution is 0.486. The fourth-order valence-corrected chi connectivity index (χ4v) is 2.42. The number of pyridine rings is 1. The first-order valence-electron chi connectivity index (χ1n) is 6.78. The highest BCUT2D eigenvalue weighted by molar-refractivity contribution is 5.67. The van der Waals surface area contributed by atoms with Gasteiger partial charge in [-0.05, 0) is 19.9 Å². The van der Waals surface area contributed by atoms with Gasteiger partial charge in [-0.25, -0.2) is 0 Å². The summed E-state index contributed by atoms with van der Waals surface area (Å²) >= 11 is 0. The second kappa shape index (κ2) is 5.37. The molecule has 0 atom stereocenters. The molecule has 0 bridgehead atoms. The van der Waals surface area contributed by atoms with Crippen molar-refractivity contribution in [3.8, 4) is 22.4 Å². The Labute approximate surface area is 122 Å². The summed E-state index contributed by atoms with van der Waals surface area (Å²) in [5, 5.41) is 0. The van der Waals surface area contributed by atoms with Crippen LogP contribution in [-0.4, -0.2) is 4.98 Å². The highest BCUT2D eigenvalue weighted by atomic mass is 16.3. The fraction of sp³-hybridized carbons (Fsp3) is 0.111. The molecule has 0 saturated carbocycles. The minimum absolute atomic E-state index is 0.0366. The minimum atomic E-state index is -0.0366. The van der Waals surface area contributed by atoms with Gasteiger partial charge in [0.1, 0.15) is 11.5 Å². The average Bonchev–Trinajstić information content (AvgIpc) is 2.48. The van der Waals surface area contributed by atoms with Crippen LogP contribution in [-0.2, 0) is 0 Å². The largest absolute Gasteiger partial charge is 0.466 e. The fourth-order valence-electron chi connectivity index (χ4n) is 2.42. The van der Waals surface area contributed by atoms with Gasteiger partial charge in [0.25, 0.3) is 0 Å². The smallest absolute Gasteiger partial charge is 0.193 e. The van der Waals surface area contributed by atoms with Gasteiger partial charge in [0.05, 0.1) is 11.3 Å². The number of hydrogen-bond donors (Lipinski definition) is 0. The zero-order valence-electron chi connectivity index (χ0n) is 12.0. The third-order valence-electron chi connectivity index (χ3n) is 3.37. The monoisotopic (exact) mass is 277 g/mol. The first kappa shape index (κ1) is 13.3. The van der Waals surface area contributed by atoms with Crippen molar-refractivity contribution >= 4 is 0 Å². The van der Waals surface area contributed by atoms with E-state index in [1.54, 1.807) is 20.0 Å². The molecule has 0 fully saturated rings. The summed E-state index contributed by atoms with van der Waals surface area (Å²) < 4.78 is 5.53. The Morgan fingerprint density at radius 3 is 2.33 bits per heavy atom. The first-order chi connectivity index (χ1) is 10.1. The summed E-state index contributed by atoms with van der Waals surface area (Å²) in [6.45, 7) is 3.57. The van der Waals surface area contributed by atoms with E-state index in [-0.39, 0.29) is 5.43 Å². The van der Waals surface area contributed by atoms with E-state index in [0.717, 1.165) is 16.8 Å². The second-order valence-electron chi connectivity index (χ2n) is 4.95. The van der Waals surface area contributed by atoms with Crippen LogP contribution in [0.4, 0.5) is 0 Å². The van der Waals surface area contributed by atoms with Crippen LogP contribution in [0.1, 0.15) is 11.5 Å². The van der Waals surface area contributed by atoms with Gasteiger partial charge in [-0.3, -0.25) is 9.78 Å². The number of aromatic nitrogens is 1. The molecule has 3 nitrogen and oxygen atoms in total. The molecule has 0 radical (unpaired) electrons. The van der Waals surface area contributed by atoms with Gasteiger partial charge in [0.2, 0.25) is 0 Å². The van der Waals surface area contributed by atoms with E-state index in [9.17, 15) is 4.79 Å². The SMILES string of the molecule is Cc1cc(=O)c(-c2ccc(-c3ccccc3)nc2)c(C)o1. The predicted octanol–water partition coefficient (Wildman–Crippen LogP) is 3.99. The van der Waals surface area contributed by atoms with Crippen molar-refractivity contribution in [3.63, 3.8) is 0 Å². The van der Waals surface area contributed by atoms with Gasteiger partial charge in [0, 0.05) is 23.4 Å². The van der Waals surface area contributed by atoms with Crippen LogP contribution >= 0.6 is 0 Å². The molecule has 3 aromatic rings. The molecule has 0 N–H and O–H groups in total. The highest BCUT2D eigenvalue weighted by Gasteiger charge is 2.10. The van der Waals surface area contributed by atoms with Crippen molar-refractivity contribution in [2.24, 2.45) is 0 Å². The molecule has 0 aliphatic rings. The van der Waals surface area contributed by atoms with E-state index < -0.39 is 0 Å². The van der Waals surface area contributed by atoms with Crippen LogP contribution < -0.4 is 5.43 Å². The molecule has 0 unspecified atom stereocenters. The van der Waals surface area contributed by atoms with E-state index in [4.69, 9.17) is 4.42 Å². The van der Waals surface area contributed by atoms with Crippen LogP contribution in [0.5, 0.6) is 0 Å². The maximum Gasteiger partial charge on any atom is 0.193 e. The lowest BCUT2D eigenvalue weighted by Gasteiger charge is -2.06. The highest BCUT2D eigenvalue weighted by Crippen LogP contribution is 2.23. The molecular weight excluding hydrogens is 262 g/mol. The van der Waals surface area contributed by atoms with Crippen LogP contribution in [0.3, 0.4) is 0 Å². The zero-order valence-corrected chi connectivity index (χ0v) is 12.0. The molecule has 0 saturated heterocycles. The van der Waals surface area contributed by atoms with Gasteiger partial charge in [-0.2, -0.15) is 0 Å². The first-order valence-corrected chi connectivity index (χ1v) is 6.78. The number of hydrogen-bond acceptors (Lipinski definition) is 3. The number of benzene rings is 1. The average molecular weight is 277 g/mol. The Hall–Kier alpha value is -2.68. The summed E-state index contributed by atoms with van der Waals surface area (Å²) in [7, 11) is 0. The van der Waals surface area contributed by atoms with E-state index in [1.165, 1.54) is 6.07 Å². The number of rotatable bonds is 2. The Morgan fingerprint density at radius 1 is 0.952 bits per heavy atom. The summed E-state index contributed by atoms with van der Waals surface area (Å²) in [6.07, 6.45) is 1.72. The molecular formula is C18H15NO2. The van der Waals surface area contributed by atoms with Crippen molar-refractivity contribution in [1.82, 2.24) is 4.98 Å². The van der Waals surface area contributed by atoms with Gasteiger partial charge in [0.15, 0.2) is 5.43 Å². The maximum absolute atomic E-state index is 12.1. The summed E-state index contributed by atoms with van der Waals surface area (Å²) in [5.41, 5.74) is 3.25. The normalized spacial score (nSPS) is 10.6. The van der Waals surface area contributed by atoms with Crippen molar-refractivity contribution < 1.29 is 4.42 Å². The standard InChI is InChI=1S/C18H15NO2/c1-12-10-17(20)18(13(2)21-12)15-8-9-16(19-11-15)14-6-4-3-5-7-14/h3-11H,1-2H3. The summed E-state index contributed by atoms with van der Waals surface area (Å²) in [6, 6.07) is 15.3. The molecule has 21 heavy (non-hydrogen) atoms. The molecule has 0 amide bonds. The predicted molar refractivity (Wildman–Crippen MR) is 83.1 cm³/mol. The second-order valence-corrected chi connectivity index (χ2v) is 4.95.